The summed E-state index contributed by atoms with van der Waals surface area (Å²) in [4.78, 5) is 0. The van der Waals surface area contributed by atoms with Crippen LogP contribution in [-0.2, 0) is 0 Å². The number of rotatable bonds is 4. The average Bonchev–Trinajstić information content (AvgIpc) is 2.23. The molecule has 1 aliphatic rings. The molecule has 0 aliphatic heterocycles. The fourth-order valence-corrected chi connectivity index (χ4v) is 2.39. The maximum absolute atomic E-state index is 5.82. The van der Waals surface area contributed by atoms with Crippen molar-refractivity contribution < 1.29 is 0 Å². The lowest BCUT2D eigenvalue weighted by Crippen LogP contribution is -2.50. The minimum Gasteiger partial charge on any atom is -0.328 e. The van der Waals surface area contributed by atoms with E-state index in [-0.39, 0.29) is 0 Å². The highest BCUT2D eigenvalue weighted by molar-refractivity contribution is 5.19. The summed E-state index contributed by atoms with van der Waals surface area (Å²) in [7, 11) is 0. The van der Waals surface area contributed by atoms with Crippen LogP contribution in [0.4, 0.5) is 0 Å². The molecule has 3 N–H and O–H groups in total. The summed E-state index contributed by atoms with van der Waals surface area (Å²) in [5, 5.41) is 3.72. The summed E-state index contributed by atoms with van der Waals surface area (Å²) in [6, 6.07) is 12.2. The zero-order valence-electron chi connectivity index (χ0n) is 10.2. The summed E-state index contributed by atoms with van der Waals surface area (Å²) >= 11 is 0. The van der Waals surface area contributed by atoms with E-state index >= 15 is 0 Å². The standard InChI is InChI=1S/C14H22N2/c1-10(2)14(11-6-4-3-5-7-11)16-13-8-12(15)9-13/h3-7,10,12-14,16H,8-9,15H2,1-2H3. The molecule has 0 aromatic heterocycles. The second-order valence-electron chi connectivity index (χ2n) is 5.23. The van der Waals surface area contributed by atoms with Crippen molar-refractivity contribution >= 4 is 0 Å². The Morgan fingerprint density at radius 1 is 1.19 bits per heavy atom. The van der Waals surface area contributed by atoms with Crippen LogP contribution in [0.15, 0.2) is 30.3 Å². The lowest BCUT2D eigenvalue weighted by molar-refractivity contribution is 0.243. The largest absolute Gasteiger partial charge is 0.328 e. The number of nitrogens with one attached hydrogen (secondary N) is 1. The molecule has 0 radical (unpaired) electrons. The highest BCUT2D eigenvalue weighted by atomic mass is 15.0. The van der Waals surface area contributed by atoms with Crippen LogP contribution in [0.3, 0.4) is 0 Å². The molecule has 1 saturated carbocycles. The predicted octanol–water partition coefficient (Wildman–Crippen LogP) is 2.46. The Hall–Kier alpha value is -0.860. The third kappa shape index (κ3) is 2.63. The fraction of sp³-hybridized carbons (Fsp3) is 0.571. The molecule has 2 nitrogen and oxygen atoms in total. The first kappa shape index (κ1) is 11.6. The zero-order chi connectivity index (χ0) is 11.5. The Kier molecular flexibility index (Phi) is 3.62. The minimum atomic E-state index is 0.418. The highest BCUT2D eigenvalue weighted by Gasteiger charge is 2.29. The molecule has 1 fully saturated rings. The van der Waals surface area contributed by atoms with Gasteiger partial charge in [0, 0.05) is 18.1 Å². The van der Waals surface area contributed by atoms with E-state index in [1.807, 2.05) is 0 Å². The van der Waals surface area contributed by atoms with Gasteiger partial charge >= 0.3 is 0 Å². The van der Waals surface area contributed by atoms with Gasteiger partial charge in [-0.1, -0.05) is 44.2 Å². The van der Waals surface area contributed by atoms with E-state index in [1.54, 1.807) is 0 Å². The molecule has 1 unspecified atom stereocenters. The van der Waals surface area contributed by atoms with Crippen LogP contribution >= 0.6 is 0 Å². The molecule has 1 atom stereocenters. The Morgan fingerprint density at radius 3 is 2.31 bits per heavy atom. The van der Waals surface area contributed by atoms with Crippen molar-refractivity contribution in [2.24, 2.45) is 11.7 Å². The van der Waals surface area contributed by atoms with Gasteiger partial charge in [0.15, 0.2) is 0 Å². The van der Waals surface area contributed by atoms with Crippen LogP contribution in [0.2, 0.25) is 0 Å². The van der Waals surface area contributed by atoms with E-state index in [1.165, 1.54) is 5.56 Å². The van der Waals surface area contributed by atoms with Crippen molar-refractivity contribution in [1.82, 2.24) is 5.32 Å². The first-order valence-electron chi connectivity index (χ1n) is 6.23. The molecule has 1 aromatic rings. The van der Waals surface area contributed by atoms with Crippen LogP contribution in [0.5, 0.6) is 0 Å². The van der Waals surface area contributed by atoms with Gasteiger partial charge in [-0.15, -0.1) is 0 Å². The van der Waals surface area contributed by atoms with Gasteiger partial charge in [0.05, 0.1) is 0 Å². The van der Waals surface area contributed by atoms with Crippen LogP contribution in [0, 0.1) is 5.92 Å². The average molecular weight is 218 g/mol. The molecule has 2 heteroatoms. The summed E-state index contributed by atoms with van der Waals surface area (Å²) in [5.41, 5.74) is 7.21. The van der Waals surface area contributed by atoms with E-state index < -0.39 is 0 Å². The van der Waals surface area contributed by atoms with Crippen LogP contribution in [-0.4, -0.2) is 12.1 Å². The molecule has 2 rings (SSSR count). The molecule has 1 aliphatic carbocycles. The van der Waals surface area contributed by atoms with Crippen molar-refractivity contribution in [3.05, 3.63) is 35.9 Å². The zero-order valence-corrected chi connectivity index (χ0v) is 10.2. The van der Waals surface area contributed by atoms with Gasteiger partial charge in [-0.3, -0.25) is 0 Å². The molecule has 0 bridgehead atoms. The number of hydrogen-bond donors (Lipinski definition) is 2. The Balaban J connectivity index is 2.01. The number of benzene rings is 1. The first-order chi connectivity index (χ1) is 7.66. The molecule has 0 saturated heterocycles. The van der Waals surface area contributed by atoms with Gasteiger partial charge in [0.1, 0.15) is 0 Å². The molecule has 0 amide bonds. The van der Waals surface area contributed by atoms with Gasteiger partial charge in [0.25, 0.3) is 0 Å². The van der Waals surface area contributed by atoms with Crippen LogP contribution < -0.4 is 11.1 Å². The van der Waals surface area contributed by atoms with Crippen molar-refractivity contribution in [3.8, 4) is 0 Å². The maximum Gasteiger partial charge on any atom is 0.0345 e. The molecule has 16 heavy (non-hydrogen) atoms. The molecular weight excluding hydrogens is 196 g/mol. The summed E-state index contributed by atoms with van der Waals surface area (Å²) < 4.78 is 0. The Labute approximate surface area is 98.2 Å². The fourth-order valence-electron chi connectivity index (χ4n) is 2.39. The van der Waals surface area contributed by atoms with E-state index in [4.69, 9.17) is 5.73 Å². The van der Waals surface area contributed by atoms with Gasteiger partial charge in [-0.25, -0.2) is 0 Å². The lowest BCUT2D eigenvalue weighted by Gasteiger charge is -2.37. The molecule has 0 heterocycles. The van der Waals surface area contributed by atoms with E-state index in [0.29, 0.717) is 24.0 Å². The molecule has 1 aromatic carbocycles. The van der Waals surface area contributed by atoms with Crippen molar-refractivity contribution in [3.63, 3.8) is 0 Å². The highest BCUT2D eigenvalue weighted by Crippen LogP contribution is 2.26. The Morgan fingerprint density at radius 2 is 1.81 bits per heavy atom. The molecular formula is C14H22N2. The van der Waals surface area contributed by atoms with Gasteiger partial charge in [0.2, 0.25) is 0 Å². The monoisotopic (exact) mass is 218 g/mol. The quantitative estimate of drug-likeness (QED) is 0.814. The lowest BCUT2D eigenvalue weighted by atomic mass is 9.85. The third-order valence-electron chi connectivity index (χ3n) is 3.42. The van der Waals surface area contributed by atoms with E-state index in [9.17, 15) is 0 Å². The first-order valence-corrected chi connectivity index (χ1v) is 6.23. The Bertz CT molecular complexity index is 315. The second-order valence-corrected chi connectivity index (χ2v) is 5.23. The number of hydrogen-bond acceptors (Lipinski definition) is 2. The SMILES string of the molecule is CC(C)C(NC1CC(N)C1)c1ccccc1. The topological polar surface area (TPSA) is 38.0 Å². The third-order valence-corrected chi connectivity index (χ3v) is 3.42. The summed E-state index contributed by atoms with van der Waals surface area (Å²) in [6.45, 7) is 4.53. The summed E-state index contributed by atoms with van der Waals surface area (Å²) in [5.74, 6) is 0.610. The van der Waals surface area contributed by atoms with E-state index in [0.717, 1.165) is 12.8 Å². The van der Waals surface area contributed by atoms with E-state index in [2.05, 4.69) is 49.5 Å². The van der Waals surface area contributed by atoms with Crippen LogP contribution in [0.25, 0.3) is 0 Å². The number of nitrogens with two attached hydrogens (primary N) is 1. The van der Waals surface area contributed by atoms with Gasteiger partial charge in [-0.2, -0.15) is 0 Å². The molecule has 0 spiro atoms. The summed E-state index contributed by atoms with van der Waals surface area (Å²) in [6.07, 6.45) is 2.24. The predicted molar refractivity (Wildman–Crippen MR) is 68.2 cm³/mol. The minimum absolute atomic E-state index is 0.418. The second kappa shape index (κ2) is 4.98. The van der Waals surface area contributed by atoms with Crippen molar-refractivity contribution in [2.45, 2.75) is 44.8 Å². The van der Waals surface area contributed by atoms with Crippen molar-refractivity contribution in [2.75, 3.05) is 0 Å². The maximum atomic E-state index is 5.82. The van der Waals surface area contributed by atoms with Gasteiger partial charge in [-0.05, 0) is 24.3 Å². The molecule has 88 valence electrons. The normalized spacial score (nSPS) is 26.5. The van der Waals surface area contributed by atoms with Crippen LogP contribution in [0.1, 0.15) is 38.3 Å². The van der Waals surface area contributed by atoms with Crippen molar-refractivity contribution in [1.29, 1.82) is 0 Å². The smallest absolute Gasteiger partial charge is 0.0345 e. The van der Waals surface area contributed by atoms with Gasteiger partial charge < -0.3 is 11.1 Å².